The molecule has 1 N–H and O–H groups in total. The Labute approximate surface area is 126 Å². The molecule has 1 aromatic heterocycles. The molecular weight excluding hydrogens is 260 g/mol. The van der Waals surface area contributed by atoms with Crippen molar-refractivity contribution in [1.29, 1.82) is 0 Å². The predicted octanol–water partition coefficient (Wildman–Crippen LogP) is 3.67. The van der Waals surface area contributed by atoms with E-state index >= 15 is 0 Å². The van der Waals surface area contributed by atoms with Gasteiger partial charge in [-0.3, -0.25) is 0 Å². The molecule has 0 saturated carbocycles. The van der Waals surface area contributed by atoms with Gasteiger partial charge in [-0.25, -0.2) is 4.98 Å². The number of ether oxygens (including phenoxy) is 1. The molecule has 2 aromatic rings. The molecule has 0 saturated heterocycles. The van der Waals surface area contributed by atoms with Gasteiger partial charge in [0.05, 0.1) is 5.69 Å². The molecule has 0 aliphatic carbocycles. The number of nitrogens with one attached hydrogen (secondary N) is 1. The van der Waals surface area contributed by atoms with Gasteiger partial charge in [0.15, 0.2) is 0 Å². The summed E-state index contributed by atoms with van der Waals surface area (Å²) in [6.07, 6.45) is 5.17. The standard InChI is InChI=1S/C18H22N2O/c1-2-13-19-15-17-11-6-12-18(20-17)21-14-7-10-16-8-4-3-5-9-16/h3-12,19H,2,13-15H2,1H3. The molecular formula is C18H22N2O. The quantitative estimate of drug-likeness (QED) is 0.750. The minimum atomic E-state index is 0.522. The second-order valence-electron chi connectivity index (χ2n) is 4.77. The van der Waals surface area contributed by atoms with Crippen molar-refractivity contribution in [3.8, 4) is 5.88 Å². The maximum Gasteiger partial charge on any atom is 0.213 e. The third-order valence-corrected chi connectivity index (χ3v) is 2.95. The largest absolute Gasteiger partial charge is 0.473 e. The molecule has 110 valence electrons. The minimum Gasteiger partial charge on any atom is -0.473 e. The van der Waals surface area contributed by atoms with E-state index in [4.69, 9.17) is 4.74 Å². The number of aromatic nitrogens is 1. The molecule has 3 nitrogen and oxygen atoms in total. The van der Waals surface area contributed by atoms with E-state index in [1.807, 2.05) is 48.6 Å². The summed E-state index contributed by atoms with van der Waals surface area (Å²) in [5.41, 5.74) is 2.18. The SMILES string of the molecule is CCCNCc1cccc(OCC=Cc2ccccc2)n1. The van der Waals surface area contributed by atoms with Gasteiger partial charge in [-0.15, -0.1) is 0 Å². The highest BCUT2D eigenvalue weighted by molar-refractivity contribution is 5.48. The third kappa shape index (κ3) is 5.79. The van der Waals surface area contributed by atoms with Crippen molar-refractivity contribution in [2.24, 2.45) is 0 Å². The molecule has 1 aromatic carbocycles. The lowest BCUT2D eigenvalue weighted by Crippen LogP contribution is -2.14. The summed E-state index contributed by atoms with van der Waals surface area (Å²) in [6, 6.07) is 16.1. The summed E-state index contributed by atoms with van der Waals surface area (Å²) in [5, 5.41) is 3.34. The van der Waals surface area contributed by atoms with Gasteiger partial charge in [-0.05, 0) is 30.7 Å². The topological polar surface area (TPSA) is 34.1 Å². The van der Waals surface area contributed by atoms with Crippen LogP contribution in [0.1, 0.15) is 24.6 Å². The van der Waals surface area contributed by atoms with Gasteiger partial charge >= 0.3 is 0 Å². The first-order valence-corrected chi connectivity index (χ1v) is 7.39. The molecule has 0 radical (unpaired) electrons. The van der Waals surface area contributed by atoms with Crippen molar-refractivity contribution >= 4 is 6.08 Å². The Hall–Kier alpha value is -2.13. The zero-order chi connectivity index (χ0) is 14.8. The number of hydrogen-bond acceptors (Lipinski definition) is 3. The van der Waals surface area contributed by atoms with E-state index in [0.29, 0.717) is 12.5 Å². The highest BCUT2D eigenvalue weighted by Gasteiger charge is 1.97. The Kier molecular flexibility index (Phi) is 6.49. The summed E-state index contributed by atoms with van der Waals surface area (Å²) in [5.74, 6) is 0.670. The van der Waals surface area contributed by atoms with Crippen LogP contribution in [0.25, 0.3) is 6.08 Å². The van der Waals surface area contributed by atoms with Crippen molar-refractivity contribution in [3.05, 3.63) is 65.9 Å². The lowest BCUT2D eigenvalue weighted by atomic mass is 10.2. The van der Waals surface area contributed by atoms with Gasteiger partial charge in [0.1, 0.15) is 6.61 Å². The van der Waals surface area contributed by atoms with Crippen LogP contribution in [0, 0.1) is 0 Å². The van der Waals surface area contributed by atoms with Crippen molar-refractivity contribution < 1.29 is 4.74 Å². The van der Waals surface area contributed by atoms with Crippen molar-refractivity contribution in [2.45, 2.75) is 19.9 Å². The lowest BCUT2D eigenvalue weighted by molar-refractivity contribution is 0.347. The maximum atomic E-state index is 5.65. The highest BCUT2D eigenvalue weighted by atomic mass is 16.5. The number of nitrogens with zero attached hydrogens (tertiary/aromatic N) is 1. The van der Waals surface area contributed by atoms with Crippen molar-refractivity contribution in [2.75, 3.05) is 13.2 Å². The van der Waals surface area contributed by atoms with Gasteiger partial charge < -0.3 is 10.1 Å². The lowest BCUT2D eigenvalue weighted by Gasteiger charge is -2.06. The van der Waals surface area contributed by atoms with E-state index in [1.165, 1.54) is 5.56 Å². The fourth-order valence-corrected chi connectivity index (χ4v) is 1.91. The van der Waals surface area contributed by atoms with Crippen LogP contribution in [-0.4, -0.2) is 18.1 Å². The predicted molar refractivity (Wildman–Crippen MR) is 87.2 cm³/mol. The van der Waals surface area contributed by atoms with Crippen molar-refractivity contribution in [1.82, 2.24) is 10.3 Å². The maximum absolute atomic E-state index is 5.65. The molecule has 21 heavy (non-hydrogen) atoms. The van der Waals surface area contributed by atoms with Crippen LogP contribution in [-0.2, 0) is 6.54 Å². The molecule has 0 aliphatic heterocycles. The third-order valence-electron chi connectivity index (χ3n) is 2.95. The van der Waals surface area contributed by atoms with Crippen LogP contribution in [0.3, 0.4) is 0 Å². The first-order valence-electron chi connectivity index (χ1n) is 7.39. The Morgan fingerprint density at radius 3 is 2.76 bits per heavy atom. The van der Waals surface area contributed by atoms with Crippen LogP contribution in [0.15, 0.2) is 54.6 Å². The molecule has 0 bridgehead atoms. The van der Waals surface area contributed by atoms with E-state index in [0.717, 1.165) is 25.2 Å². The Bertz CT molecular complexity index is 552. The van der Waals surface area contributed by atoms with Crippen LogP contribution in [0.2, 0.25) is 0 Å². The van der Waals surface area contributed by atoms with E-state index in [-0.39, 0.29) is 0 Å². The fraction of sp³-hybridized carbons (Fsp3) is 0.278. The van der Waals surface area contributed by atoms with Gasteiger partial charge in [0.2, 0.25) is 5.88 Å². The molecule has 0 spiro atoms. The molecule has 0 amide bonds. The Morgan fingerprint density at radius 2 is 1.95 bits per heavy atom. The number of hydrogen-bond donors (Lipinski definition) is 1. The van der Waals surface area contributed by atoms with E-state index in [1.54, 1.807) is 0 Å². The molecule has 2 rings (SSSR count). The molecule has 0 unspecified atom stereocenters. The van der Waals surface area contributed by atoms with E-state index in [9.17, 15) is 0 Å². The fourth-order valence-electron chi connectivity index (χ4n) is 1.91. The Balaban J connectivity index is 1.80. The average molecular weight is 282 g/mol. The van der Waals surface area contributed by atoms with Gasteiger partial charge in [0.25, 0.3) is 0 Å². The molecule has 1 heterocycles. The van der Waals surface area contributed by atoms with E-state index in [2.05, 4.69) is 29.4 Å². The Morgan fingerprint density at radius 1 is 1.10 bits per heavy atom. The first-order chi connectivity index (χ1) is 10.4. The zero-order valence-corrected chi connectivity index (χ0v) is 12.5. The summed E-state index contributed by atoms with van der Waals surface area (Å²) >= 11 is 0. The smallest absolute Gasteiger partial charge is 0.213 e. The second-order valence-corrected chi connectivity index (χ2v) is 4.77. The summed E-state index contributed by atoms with van der Waals surface area (Å²) in [4.78, 5) is 4.47. The minimum absolute atomic E-state index is 0.522. The normalized spacial score (nSPS) is 10.9. The molecule has 0 atom stereocenters. The average Bonchev–Trinajstić information content (AvgIpc) is 2.53. The summed E-state index contributed by atoms with van der Waals surface area (Å²) in [7, 11) is 0. The molecule has 0 fully saturated rings. The monoisotopic (exact) mass is 282 g/mol. The summed E-state index contributed by atoms with van der Waals surface area (Å²) < 4.78 is 5.65. The summed E-state index contributed by atoms with van der Waals surface area (Å²) in [6.45, 7) is 4.46. The van der Waals surface area contributed by atoms with Gasteiger partial charge in [-0.1, -0.05) is 49.4 Å². The first kappa shape index (κ1) is 15.3. The number of pyridine rings is 1. The van der Waals surface area contributed by atoms with Crippen LogP contribution in [0.4, 0.5) is 0 Å². The second kappa shape index (κ2) is 8.93. The number of rotatable bonds is 8. The van der Waals surface area contributed by atoms with E-state index < -0.39 is 0 Å². The van der Waals surface area contributed by atoms with Gasteiger partial charge in [-0.2, -0.15) is 0 Å². The van der Waals surface area contributed by atoms with Gasteiger partial charge in [0, 0.05) is 12.6 Å². The molecule has 0 aliphatic rings. The van der Waals surface area contributed by atoms with Crippen LogP contribution in [0.5, 0.6) is 5.88 Å². The molecule has 3 heteroatoms. The number of benzene rings is 1. The zero-order valence-electron chi connectivity index (χ0n) is 12.5. The van der Waals surface area contributed by atoms with Crippen LogP contribution >= 0.6 is 0 Å². The van der Waals surface area contributed by atoms with Crippen LogP contribution < -0.4 is 10.1 Å². The highest BCUT2D eigenvalue weighted by Crippen LogP contribution is 2.08. The van der Waals surface area contributed by atoms with Crippen molar-refractivity contribution in [3.63, 3.8) is 0 Å².